The van der Waals surface area contributed by atoms with Crippen molar-refractivity contribution in [1.82, 2.24) is 9.80 Å². The Balaban J connectivity index is 1.45. The van der Waals surface area contributed by atoms with E-state index in [9.17, 15) is 4.79 Å². The summed E-state index contributed by atoms with van der Waals surface area (Å²) in [6, 6.07) is 17.9. The number of ether oxygens (including phenoxy) is 2. The van der Waals surface area contributed by atoms with Gasteiger partial charge in [-0.15, -0.1) is 0 Å². The van der Waals surface area contributed by atoms with Crippen LogP contribution in [0, 0.1) is 0 Å². The van der Waals surface area contributed by atoms with Gasteiger partial charge in [-0.1, -0.05) is 37.3 Å². The second-order valence-electron chi connectivity index (χ2n) is 7.17. The first-order chi connectivity index (χ1) is 13.7. The fourth-order valence-corrected chi connectivity index (χ4v) is 3.31. The molecule has 0 aromatic heterocycles. The Bertz CT molecular complexity index is 725. The highest BCUT2D eigenvalue weighted by Crippen LogP contribution is 2.19. The number of benzene rings is 2. The zero-order valence-corrected chi connectivity index (χ0v) is 16.8. The van der Waals surface area contributed by atoms with Crippen LogP contribution in [0.15, 0.2) is 54.6 Å². The predicted molar refractivity (Wildman–Crippen MR) is 111 cm³/mol. The van der Waals surface area contributed by atoms with Crippen molar-refractivity contribution < 1.29 is 14.3 Å². The molecule has 1 aliphatic heterocycles. The molecule has 1 heterocycles. The first-order valence-corrected chi connectivity index (χ1v) is 10.1. The Morgan fingerprint density at radius 2 is 1.61 bits per heavy atom. The van der Waals surface area contributed by atoms with Crippen LogP contribution in [0.5, 0.6) is 11.5 Å². The van der Waals surface area contributed by atoms with Crippen LogP contribution in [0.1, 0.15) is 25.8 Å². The minimum Gasteiger partial charge on any atom is -0.494 e. The Morgan fingerprint density at radius 1 is 0.964 bits per heavy atom. The average molecular weight is 383 g/mol. The minimum atomic E-state index is -0.497. The van der Waals surface area contributed by atoms with Crippen LogP contribution >= 0.6 is 0 Å². The summed E-state index contributed by atoms with van der Waals surface area (Å²) in [6.45, 7) is 8.78. The number of rotatable bonds is 8. The van der Waals surface area contributed by atoms with E-state index in [0.29, 0.717) is 12.4 Å². The second-order valence-corrected chi connectivity index (χ2v) is 7.17. The van der Waals surface area contributed by atoms with E-state index in [4.69, 9.17) is 9.47 Å². The molecule has 5 nitrogen and oxygen atoms in total. The summed E-state index contributed by atoms with van der Waals surface area (Å²) in [5, 5.41) is 0. The van der Waals surface area contributed by atoms with Crippen LogP contribution in [0.3, 0.4) is 0 Å². The van der Waals surface area contributed by atoms with E-state index >= 15 is 0 Å². The van der Waals surface area contributed by atoms with Gasteiger partial charge in [0.15, 0.2) is 6.10 Å². The molecule has 2 aromatic rings. The van der Waals surface area contributed by atoms with Gasteiger partial charge in [-0.25, -0.2) is 0 Å². The highest BCUT2D eigenvalue weighted by Gasteiger charge is 2.26. The van der Waals surface area contributed by atoms with Crippen molar-refractivity contribution in [2.75, 3.05) is 32.8 Å². The van der Waals surface area contributed by atoms with Crippen molar-refractivity contribution in [2.24, 2.45) is 0 Å². The largest absolute Gasteiger partial charge is 0.494 e. The third-order valence-electron chi connectivity index (χ3n) is 4.89. The van der Waals surface area contributed by atoms with Crippen molar-refractivity contribution in [3.63, 3.8) is 0 Å². The Labute approximate surface area is 167 Å². The summed E-state index contributed by atoms with van der Waals surface area (Å²) in [4.78, 5) is 17.0. The zero-order chi connectivity index (χ0) is 19.8. The molecule has 1 aliphatic rings. The summed E-state index contributed by atoms with van der Waals surface area (Å²) < 4.78 is 11.4. The van der Waals surface area contributed by atoms with Crippen LogP contribution in [-0.2, 0) is 11.3 Å². The van der Waals surface area contributed by atoms with Gasteiger partial charge in [-0.2, -0.15) is 0 Å². The van der Waals surface area contributed by atoms with Gasteiger partial charge in [0, 0.05) is 32.7 Å². The predicted octanol–water partition coefficient (Wildman–Crippen LogP) is 3.59. The lowest BCUT2D eigenvalue weighted by molar-refractivity contribution is -0.139. The van der Waals surface area contributed by atoms with Crippen molar-refractivity contribution in [1.29, 1.82) is 0 Å². The summed E-state index contributed by atoms with van der Waals surface area (Å²) >= 11 is 0. The highest BCUT2D eigenvalue weighted by molar-refractivity contribution is 5.81. The number of carbonyl (C=O) groups is 1. The van der Waals surface area contributed by atoms with Crippen molar-refractivity contribution in [3.8, 4) is 11.5 Å². The Hall–Kier alpha value is -2.53. The molecule has 0 bridgehead atoms. The standard InChI is InChI=1S/C23H30N2O3/c1-3-17-27-21-9-11-22(12-10-21)28-19(2)23(26)25-15-13-24(14-16-25)18-20-7-5-4-6-8-20/h4-12,19H,3,13-18H2,1-2H3. The molecule has 0 radical (unpaired) electrons. The van der Waals surface area contributed by atoms with Crippen molar-refractivity contribution in [2.45, 2.75) is 32.9 Å². The van der Waals surface area contributed by atoms with Crippen LogP contribution in [0.4, 0.5) is 0 Å². The molecule has 28 heavy (non-hydrogen) atoms. The molecule has 1 unspecified atom stereocenters. The van der Waals surface area contributed by atoms with E-state index in [2.05, 4.69) is 36.1 Å². The maximum atomic E-state index is 12.7. The molecule has 2 aromatic carbocycles. The summed E-state index contributed by atoms with van der Waals surface area (Å²) in [6.07, 6.45) is 0.477. The van der Waals surface area contributed by atoms with Crippen LogP contribution in [-0.4, -0.2) is 54.6 Å². The molecule has 0 N–H and O–H groups in total. The molecule has 1 atom stereocenters. The molecule has 5 heteroatoms. The molecule has 0 aliphatic carbocycles. The number of carbonyl (C=O) groups excluding carboxylic acids is 1. The third-order valence-corrected chi connectivity index (χ3v) is 4.89. The van der Waals surface area contributed by atoms with Crippen molar-refractivity contribution in [3.05, 3.63) is 60.2 Å². The molecule has 3 rings (SSSR count). The summed E-state index contributed by atoms with van der Waals surface area (Å²) in [5.41, 5.74) is 1.31. The lowest BCUT2D eigenvalue weighted by atomic mass is 10.2. The van der Waals surface area contributed by atoms with Crippen LogP contribution in [0.2, 0.25) is 0 Å². The normalized spacial score (nSPS) is 15.9. The minimum absolute atomic E-state index is 0.0469. The average Bonchev–Trinajstić information content (AvgIpc) is 2.74. The van der Waals surface area contributed by atoms with E-state index in [1.165, 1.54) is 5.56 Å². The Kier molecular flexibility index (Phi) is 7.31. The van der Waals surface area contributed by atoms with Gasteiger partial charge in [-0.3, -0.25) is 9.69 Å². The lowest BCUT2D eigenvalue weighted by Gasteiger charge is -2.35. The van der Waals surface area contributed by atoms with Gasteiger partial charge in [0.2, 0.25) is 0 Å². The molecular formula is C23H30N2O3. The summed E-state index contributed by atoms with van der Waals surface area (Å²) in [5.74, 6) is 1.56. The van der Waals surface area contributed by atoms with Gasteiger partial charge in [0.05, 0.1) is 6.61 Å². The zero-order valence-electron chi connectivity index (χ0n) is 16.8. The highest BCUT2D eigenvalue weighted by atomic mass is 16.5. The van der Waals surface area contributed by atoms with Crippen molar-refractivity contribution >= 4 is 5.91 Å². The number of hydrogen-bond acceptors (Lipinski definition) is 4. The Morgan fingerprint density at radius 3 is 2.25 bits per heavy atom. The summed E-state index contributed by atoms with van der Waals surface area (Å²) in [7, 11) is 0. The molecule has 150 valence electrons. The first-order valence-electron chi connectivity index (χ1n) is 10.1. The quantitative estimate of drug-likeness (QED) is 0.700. The van der Waals surface area contributed by atoms with Gasteiger partial charge in [0.1, 0.15) is 11.5 Å². The van der Waals surface area contributed by atoms with E-state index in [0.717, 1.165) is 44.9 Å². The molecule has 0 saturated carbocycles. The second kappa shape index (κ2) is 10.1. The van der Waals surface area contributed by atoms with Gasteiger partial charge < -0.3 is 14.4 Å². The fourth-order valence-electron chi connectivity index (χ4n) is 3.31. The number of amides is 1. The lowest BCUT2D eigenvalue weighted by Crippen LogP contribution is -2.51. The number of hydrogen-bond donors (Lipinski definition) is 0. The maximum absolute atomic E-state index is 12.7. The molecule has 1 fully saturated rings. The van der Waals surface area contributed by atoms with Crippen LogP contribution < -0.4 is 9.47 Å². The molecule has 0 spiro atoms. The topological polar surface area (TPSA) is 42.0 Å². The van der Waals surface area contributed by atoms with Gasteiger partial charge in [-0.05, 0) is 43.2 Å². The van der Waals surface area contributed by atoms with E-state index in [-0.39, 0.29) is 5.91 Å². The number of nitrogens with zero attached hydrogens (tertiary/aromatic N) is 2. The SMILES string of the molecule is CCCOc1ccc(OC(C)C(=O)N2CCN(Cc3ccccc3)CC2)cc1. The molecule has 1 saturated heterocycles. The van der Waals surface area contributed by atoms with E-state index in [1.807, 2.05) is 42.2 Å². The molecule has 1 amide bonds. The monoisotopic (exact) mass is 382 g/mol. The fraction of sp³-hybridized carbons (Fsp3) is 0.435. The van der Waals surface area contributed by atoms with E-state index < -0.39 is 6.10 Å². The maximum Gasteiger partial charge on any atom is 0.263 e. The van der Waals surface area contributed by atoms with Gasteiger partial charge in [0.25, 0.3) is 5.91 Å². The van der Waals surface area contributed by atoms with Crippen LogP contribution in [0.25, 0.3) is 0 Å². The first kappa shape index (κ1) is 20.2. The van der Waals surface area contributed by atoms with Gasteiger partial charge >= 0.3 is 0 Å². The number of piperazine rings is 1. The molecular weight excluding hydrogens is 352 g/mol. The van der Waals surface area contributed by atoms with E-state index in [1.54, 1.807) is 0 Å². The third kappa shape index (κ3) is 5.73. The smallest absolute Gasteiger partial charge is 0.263 e.